The maximum atomic E-state index is 12.5. The van der Waals surface area contributed by atoms with Gasteiger partial charge < -0.3 is 15.0 Å². The van der Waals surface area contributed by atoms with Crippen molar-refractivity contribution in [1.29, 1.82) is 0 Å². The van der Waals surface area contributed by atoms with Crippen molar-refractivity contribution in [3.8, 4) is 5.75 Å². The number of nitrogens with one attached hydrogen (secondary N) is 1. The largest absolute Gasteiger partial charge is 0.497 e. The Bertz CT molecular complexity index is 974. The first-order valence-electron chi connectivity index (χ1n) is 9.26. The Labute approximate surface area is 171 Å². The molecule has 1 amide bonds. The fourth-order valence-electron chi connectivity index (χ4n) is 3.13. The number of benzene rings is 3. The number of likely N-dealkylation sites (N-methyl/N-ethyl adjacent to an activating group) is 1. The molecule has 146 valence electrons. The van der Waals surface area contributed by atoms with Crippen LogP contribution >= 0.6 is 11.6 Å². The maximum Gasteiger partial charge on any atom is 0.236 e. The van der Waals surface area contributed by atoms with Crippen LogP contribution in [0.15, 0.2) is 60.7 Å². The van der Waals surface area contributed by atoms with Crippen molar-refractivity contribution in [2.24, 2.45) is 0 Å². The highest BCUT2D eigenvalue weighted by molar-refractivity contribution is 6.30. The summed E-state index contributed by atoms with van der Waals surface area (Å²) in [6.45, 7) is 2.86. The highest BCUT2D eigenvalue weighted by atomic mass is 35.5. The average Bonchev–Trinajstić information content (AvgIpc) is 2.71. The molecule has 0 unspecified atom stereocenters. The summed E-state index contributed by atoms with van der Waals surface area (Å²) < 4.78 is 5.27. The number of rotatable bonds is 7. The maximum absolute atomic E-state index is 12.5. The van der Waals surface area contributed by atoms with Gasteiger partial charge in [0.15, 0.2) is 0 Å². The second-order valence-corrected chi connectivity index (χ2v) is 7.39. The molecule has 0 fully saturated rings. The van der Waals surface area contributed by atoms with Gasteiger partial charge in [0.2, 0.25) is 5.91 Å². The fourth-order valence-corrected chi connectivity index (χ4v) is 3.33. The van der Waals surface area contributed by atoms with E-state index >= 15 is 0 Å². The highest BCUT2D eigenvalue weighted by Crippen LogP contribution is 2.22. The molecule has 0 saturated carbocycles. The lowest BCUT2D eigenvalue weighted by molar-refractivity contribution is -0.129. The molecule has 3 aromatic carbocycles. The second kappa shape index (κ2) is 9.09. The topological polar surface area (TPSA) is 41.6 Å². The van der Waals surface area contributed by atoms with E-state index in [1.54, 1.807) is 12.0 Å². The molecule has 0 aliphatic carbocycles. The average molecular weight is 397 g/mol. The van der Waals surface area contributed by atoms with Crippen LogP contribution in [0.25, 0.3) is 10.8 Å². The summed E-state index contributed by atoms with van der Waals surface area (Å²) in [7, 11) is 3.49. The van der Waals surface area contributed by atoms with Gasteiger partial charge in [0.05, 0.1) is 13.7 Å². The van der Waals surface area contributed by atoms with E-state index in [1.165, 1.54) is 0 Å². The van der Waals surface area contributed by atoms with Crippen LogP contribution in [0.5, 0.6) is 5.75 Å². The number of amides is 1. The minimum Gasteiger partial charge on any atom is -0.497 e. The van der Waals surface area contributed by atoms with E-state index in [9.17, 15) is 4.79 Å². The molecule has 0 saturated heterocycles. The summed E-state index contributed by atoms with van der Waals surface area (Å²) in [4.78, 5) is 14.3. The van der Waals surface area contributed by atoms with Gasteiger partial charge in [-0.25, -0.2) is 0 Å². The summed E-state index contributed by atoms with van der Waals surface area (Å²) in [5, 5.41) is 6.22. The molecule has 0 aliphatic heterocycles. The van der Waals surface area contributed by atoms with Gasteiger partial charge in [-0.15, -0.1) is 0 Å². The fraction of sp³-hybridized carbons (Fsp3) is 0.261. The predicted molar refractivity (Wildman–Crippen MR) is 115 cm³/mol. The monoisotopic (exact) mass is 396 g/mol. The van der Waals surface area contributed by atoms with Gasteiger partial charge in [0, 0.05) is 24.7 Å². The van der Waals surface area contributed by atoms with Crippen LogP contribution in [0.4, 0.5) is 0 Å². The molecule has 1 atom stereocenters. The van der Waals surface area contributed by atoms with Crippen molar-refractivity contribution >= 4 is 28.3 Å². The molecule has 0 aliphatic rings. The number of fused-ring (bicyclic) bond motifs is 1. The summed E-state index contributed by atoms with van der Waals surface area (Å²) in [6.07, 6.45) is 0. The first-order chi connectivity index (χ1) is 13.5. The Morgan fingerprint density at radius 1 is 1.11 bits per heavy atom. The van der Waals surface area contributed by atoms with E-state index in [0.717, 1.165) is 27.6 Å². The van der Waals surface area contributed by atoms with Crippen LogP contribution in [0.1, 0.15) is 24.1 Å². The summed E-state index contributed by atoms with van der Waals surface area (Å²) in [5.41, 5.74) is 2.16. The van der Waals surface area contributed by atoms with Crippen LogP contribution in [-0.4, -0.2) is 31.5 Å². The third-order valence-corrected chi connectivity index (χ3v) is 5.10. The minimum atomic E-state index is 0.0451. The molecular weight excluding hydrogens is 372 g/mol. The SMILES string of the molecule is COc1ccc2cc(CN(C)C(=O)CN[C@H](C)c3cccc(Cl)c3)ccc2c1. The van der Waals surface area contributed by atoms with Crippen LogP contribution in [0.2, 0.25) is 5.02 Å². The van der Waals surface area contributed by atoms with E-state index < -0.39 is 0 Å². The lowest BCUT2D eigenvalue weighted by Gasteiger charge is -2.20. The Morgan fingerprint density at radius 3 is 2.61 bits per heavy atom. The molecule has 5 heteroatoms. The van der Waals surface area contributed by atoms with Gasteiger partial charge in [-0.05, 0) is 59.2 Å². The number of halogens is 1. The van der Waals surface area contributed by atoms with Crippen LogP contribution in [-0.2, 0) is 11.3 Å². The molecular formula is C23H25ClN2O2. The lowest BCUT2D eigenvalue weighted by Crippen LogP contribution is -2.36. The third kappa shape index (κ3) is 5.03. The molecule has 0 bridgehead atoms. The van der Waals surface area contributed by atoms with Crippen LogP contribution in [0, 0.1) is 0 Å². The zero-order chi connectivity index (χ0) is 20.1. The van der Waals surface area contributed by atoms with Gasteiger partial charge >= 0.3 is 0 Å². The molecule has 0 spiro atoms. The summed E-state index contributed by atoms with van der Waals surface area (Å²) in [5.74, 6) is 0.885. The summed E-state index contributed by atoms with van der Waals surface area (Å²) >= 11 is 6.04. The number of hydrogen-bond acceptors (Lipinski definition) is 3. The van der Waals surface area contributed by atoms with Gasteiger partial charge in [0.1, 0.15) is 5.75 Å². The third-order valence-electron chi connectivity index (χ3n) is 4.87. The van der Waals surface area contributed by atoms with Crippen molar-refractivity contribution in [2.75, 3.05) is 20.7 Å². The zero-order valence-electron chi connectivity index (χ0n) is 16.4. The molecule has 28 heavy (non-hydrogen) atoms. The van der Waals surface area contributed by atoms with Crippen molar-refractivity contribution < 1.29 is 9.53 Å². The quantitative estimate of drug-likeness (QED) is 0.623. The highest BCUT2D eigenvalue weighted by Gasteiger charge is 2.12. The minimum absolute atomic E-state index is 0.0451. The van der Waals surface area contributed by atoms with Crippen molar-refractivity contribution in [3.63, 3.8) is 0 Å². The Kier molecular flexibility index (Phi) is 6.55. The predicted octanol–water partition coefficient (Wildman–Crippen LogP) is 4.81. The number of carbonyl (C=O) groups excluding carboxylic acids is 1. The standard InChI is InChI=1S/C23H25ClN2O2/c1-16(18-5-4-6-21(24)12-18)25-14-23(27)26(2)15-17-7-8-20-13-22(28-3)10-9-19(20)11-17/h4-13,16,25H,14-15H2,1-3H3/t16-/m1/s1. The number of nitrogens with zero attached hydrogens (tertiary/aromatic N) is 1. The first kappa shape index (κ1) is 20.2. The van der Waals surface area contributed by atoms with Crippen molar-refractivity contribution in [1.82, 2.24) is 10.2 Å². The van der Waals surface area contributed by atoms with E-state index in [2.05, 4.69) is 17.4 Å². The number of ether oxygens (including phenoxy) is 1. The van der Waals surface area contributed by atoms with E-state index in [1.807, 2.05) is 62.5 Å². The molecule has 0 aromatic heterocycles. The van der Waals surface area contributed by atoms with Crippen molar-refractivity contribution in [3.05, 3.63) is 76.8 Å². The molecule has 0 heterocycles. The molecule has 3 rings (SSSR count). The number of hydrogen-bond donors (Lipinski definition) is 1. The van der Waals surface area contributed by atoms with E-state index in [4.69, 9.17) is 16.3 Å². The Hall–Kier alpha value is -2.56. The Balaban J connectivity index is 1.58. The van der Waals surface area contributed by atoms with Gasteiger partial charge in [0.25, 0.3) is 0 Å². The van der Waals surface area contributed by atoms with Gasteiger partial charge in [-0.1, -0.05) is 41.9 Å². The molecule has 1 N–H and O–H groups in total. The lowest BCUT2D eigenvalue weighted by atomic mass is 10.1. The van der Waals surface area contributed by atoms with E-state index in [0.29, 0.717) is 11.6 Å². The van der Waals surface area contributed by atoms with E-state index in [-0.39, 0.29) is 18.5 Å². The Morgan fingerprint density at radius 2 is 1.86 bits per heavy atom. The van der Waals surface area contributed by atoms with Crippen LogP contribution in [0.3, 0.4) is 0 Å². The van der Waals surface area contributed by atoms with Crippen LogP contribution < -0.4 is 10.1 Å². The molecule has 0 radical (unpaired) electrons. The van der Waals surface area contributed by atoms with Crippen molar-refractivity contribution in [2.45, 2.75) is 19.5 Å². The smallest absolute Gasteiger partial charge is 0.236 e. The normalized spacial score (nSPS) is 12.0. The zero-order valence-corrected chi connectivity index (χ0v) is 17.2. The van der Waals surface area contributed by atoms with Gasteiger partial charge in [-0.3, -0.25) is 4.79 Å². The second-order valence-electron chi connectivity index (χ2n) is 6.95. The number of carbonyl (C=O) groups is 1. The molecule has 3 aromatic rings. The molecule has 4 nitrogen and oxygen atoms in total. The number of methoxy groups -OCH3 is 1. The first-order valence-corrected chi connectivity index (χ1v) is 9.63. The summed E-state index contributed by atoms with van der Waals surface area (Å²) in [6, 6.07) is 19.9. The van der Waals surface area contributed by atoms with Gasteiger partial charge in [-0.2, -0.15) is 0 Å².